The zero-order chi connectivity index (χ0) is 19.0. The van der Waals surface area contributed by atoms with E-state index in [1.807, 2.05) is 34.9 Å². The molecule has 0 aliphatic carbocycles. The molecule has 0 saturated carbocycles. The van der Waals surface area contributed by atoms with Gasteiger partial charge < -0.3 is 10.6 Å². The van der Waals surface area contributed by atoms with Gasteiger partial charge in [-0.2, -0.15) is 0 Å². The highest BCUT2D eigenvalue weighted by molar-refractivity contribution is 14.0. The topological polar surface area (TPSA) is 67.1 Å². The Balaban J connectivity index is 0.00000364. The molecule has 150 valence electrons. The SMILES string of the molecule is CCNC(=NCc1nncn1-c1ccccc1)NC(C)CCC(C)(C)C.I. The summed E-state index contributed by atoms with van der Waals surface area (Å²) in [6.45, 7) is 12.4. The van der Waals surface area contributed by atoms with Crippen molar-refractivity contribution >= 4 is 29.9 Å². The van der Waals surface area contributed by atoms with Crippen molar-refractivity contribution in [2.45, 2.75) is 60.0 Å². The van der Waals surface area contributed by atoms with E-state index in [9.17, 15) is 0 Å². The van der Waals surface area contributed by atoms with E-state index in [2.05, 4.69) is 55.4 Å². The van der Waals surface area contributed by atoms with Gasteiger partial charge in [0.25, 0.3) is 0 Å². The molecule has 0 bridgehead atoms. The highest BCUT2D eigenvalue weighted by Crippen LogP contribution is 2.21. The summed E-state index contributed by atoms with van der Waals surface area (Å²) in [5.41, 5.74) is 1.39. The third-order valence-electron chi connectivity index (χ3n) is 4.09. The van der Waals surface area contributed by atoms with Crippen molar-refractivity contribution in [3.05, 3.63) is 42.5 Å². The van der Waals surface area contributed by atoms with Crippen LogP contribution in [0.5, 0.6) is 0 Å². The van der Waals surface area contributed by atoms with Gasteiger partial charge in [-0.15, -0.1) is 34.2 Å². The van der Waals surface area contributed by atoms with Crippen molar-refractivity contribution in [2.24, 2.45) is 10.4 Å². The van der Waals surface area contributed by atoms with E-state index < -0.39 is 0 Å². The lowest BCUT2D eigenvalue weighted by molar-refractivity contribution is 0.346. The van der Waals surface area contributed by atoms with Gasteiger partial charge in [0, 0.05) is 18.3 Å². The van der Waals surface area contributed by atoms with Crippen LogP contribution in [-0.2, 0) is 6.54 Å². The lowest BCUT2D eigenvalue weighted by Crippen LogP contribution is -2.42. The Kier molecular flexibility index (Phi) is 9.76. The Morgan fingerprint density at radius 2 is 1.93 bits per heavy atom. The van der Waals surface area contributed by atoms with Crippen molar-refractivity contribution in [3.8, 4) is 5.69 Å². The maximum absolute atomic E-state index is 4.70. The van der Waals surface area contributed by atoms with Gasteiger partial charge in [0.15, 0.2) is 11.8 Å². The van der Waals surface area contributed by atoms with E-state index in [0.717, 1.165) is 30.4 Å². The number of nitrogens with one attached hydrogen (secondary N) is 2. The molecule has 2 rings (SSSR count). The van der Waals surface area contributed by atoms with Crippen molar-refractivity contribution in [1.82, 2.24) is 25.4 Å². The van der Waals surface area contributed by atoms with E-state index in [1.165, 1.54) is 6.42 Å². The lowest BCUT2D eigenvalue weighted by atomic mass is 9.89. The number of hydrogen-bond acceptors (Lipinski definition) is 3. The molecule has 0 aliphatic heterocycles. The molecule has 0 spiro atoms. The number of aliphatic imine (C=N–C) groups is 1. The van der Waals surface area contributed by atoms with Gasteiger partial charge in [0.05, 0.1) is 0 Å². The predicted octanol–water partition coefficient (Wildman–Crippen LogP) is 4.16. The number of guanidine groups is 1. The Labute approximate surface area is 180 Å². The molecular formula is C20H33IN6. The third kappa shape index (κ3) is 8.28. The number of aromatic nitrogens is 3. The normalized spacial score (nSPS) is 13.0. The van der Waals surface area contributed by atoms with Crippen LogP contribution >= 0.6 is 24.0 Å². The van der Waals surface area contributed by atoms with Crippen LogP contribution in [0.15, 0.2) is 41.7 Å². The van der Waals surface area contributed by atoms with Crippen molar-refractivity contribution in [1.29, 1.82) is 0 Å². The van der Waals surface area contributed by atoms with Gasteiger partial charge in [0.1, 0.15) is 12.9 Å². The molecule has 0 amide bonds. The first-order chi connectivity index (χ1) is 12.4. The van der Waals surface area contributed by atoms with E-state index in [1.54, 1.807) is 6.33 Å². The minimum absolute atomic E-state index is 0. The van der Waals surface area contributed by atoms with E-state index in [-0.39, 0.29) is 24.0 Å². The fourth-order valence-corrected chi connectivity index (χ4v) is 2.60. The second-order valence-electron chi connectivity index (χ2n) is 7.79. The molecule has 1 aromatic heterocycles. The van der Waals surface area contributed by atoms with E-state index in [0.29, 0.717) is 18.0 Å². The summed E-state index contributed by atoms with van der Waals surface area (Å²) in [7, 11) is 0. The molecule has 1 aromatic carbocycles. The summed E-state index contributed by atoms with van der Waals surface area (Å²) < 4.78 is 1.97. The van der Waals surface area contributed by atoms with Gasteiger partial charge >= 0.3 is 0 Å². The molecule has 6 nitrogen and oxygen atoms in total. The van der Waals surface area contributed by atoms with Crippen LogP contribution in [0.3, 0.4) is 0 Å². The summed E-state index contributed by atoms with van der Waals surface area (Å²) in [5.74, 6) is 1.63. The van der Waals surface area contributed by atoms with Gasteiger partial charge in [-0.1, -0.05) is 39.0 Å². The zero-order valence-electron chi connectivity index (χ0n) is 17.1. The quantitative estimate of drug-likeness (QED) is 0.352. The zero-order valence-corrected chi connectivity index (χ0v) is 19.4. The number of rotatable bonds is 7. The number of nitrogens with zero attached hydrogens (tertiary/aromatic N) is 4. The summed E-state index contributed by atoms with van der Waals surface area (Å²) in [4.78, 5) is 4.70. The lowest BCUT2D eigenvalue weighted by Gasteiger charge is -2.23. The second-order valence-corrected chi connectivity index (χ2v) is 7.79. The van der Waals surface area contributed by atoms with Crippen molar-refractivity contribution < 1.29 is 0 Å². The first-order valence-corrected chi connectivity index (χ1v) is 9.38. The molecule has 2 aromatic rings. The van der Waals surface area contributed by atoms with Crippen LogP contribution in [0.25, 0.3) is 5.69 Å². The average molecular weight is 484 g/mol. The van der Waals surface area contributed by atoms with Crippen LogP contribution in [0.2, 0.25) is 0 Å². The predicted molar refractivity (Wildman–Crippen MR) is 123 cm³/mol. The number of halogens is 1. The maximum Gasteiger partial charge on any atom is 0.191 e. The Morgan fingerprint density at radius 3 is 2.56 bits per heavy atom. The Bertz CT molecular complexity index is 690. The van der Waals surface area contributed by atoms with Crippen LogP contribution in [0.4, 0.5) is 0 Å². The van der Waals surface area contributed by atoms with Crippen molar-refractivity contribution in [3.63, 3.8) is 0 Å². The van der Waals surface area contributed by atoms with Gasteiger partial charge in [-0.25, -0.2) is 4.99 Å². The molecule has 0 saturated heterocycles. The van der Waals surface area contributed by atoms with E-state index >= 15 is 0 Å². The first kappa shape index (κ1) is 23.4. The van der Waals surface area contributed by atoms with Gasteiger partial charge in [-0.05, 0) is 44.2 Å². The summed E-state index contributed by atoms with van der Waals surface area (Å²) in [6, 6.07) is 10.4. The molecule has 0 fully saturated rings. The molecular weight excluding hydrogens is 451 g/mol. The Morgan fingerprint density at radius 1 is 1.22 bits per heavy atom. The number of hydrogen-bond donors (Lipinski definition) is 2. The molecule has 1 atom stereocenters. The minimum Gasteiger partial charge on any atom is -0.357 e. The molecule has 27 heavy (non-hydrogen) atoms. The minimum atomic E-state index is 0. The van der Waals surface area contributed by atoms with Crippen molar-refractivity contribution in [2.75, 3.05) is 6.54 Å². The smallest absolute Gasteiger partial charge is 0.191 e. The molecule has 0 radical (unpaired) electrons. The standard InChI is InChI=1S/C20H32N6.HI/c1-6-21-19(24-16(2)12-13-20(3,4)5)22-14-18-25-23-15-26(18)17-10-8-7-9-11-17;/h7-11,15-16H,6,12-14H2,1-5H3,(H2,21,22,24);1H. The van der Waals surface area contributed by atoms with Crippen LogP contribution < -0.4 is 10.6 Å². The maximum atomic E-state index is 4.70. The molecule has 7 heteroatoms. The van der Waals surface area contributed by atoms with Crippen LogP contribution in [-0.4, -0.2) is 33.3 Å². The molecule has 0 aliphatic rings. The fourth-order valence-electron chi connectivity index (χ4n) is 2.60. The highest BCUT2D eigenvalue weighted by Gasteiger charge is 2.13. The average Bonchev–Trinajstić information content (AvgIpc) is 3.07. The highest BCUT2D eigenvalue weighted by atomic mass is 127. The first-order valence-electron chi connectivity index (χ1n) is 9.38. The summed E-state index contributed by atoms with van der Waals surface area (Å²) in [6.07, 6.45) is 4.00. The largest absolute Gasteiger partial charge is 0.357 e. The molecule has 1 unspecified atom stereocenters. The monoisotopic (exact) mass is 484 g/mol. The second kappa shape index (κ2) is 11.3. The van der Waals surface area contributed by atoms with Gasteiger partial charge in [-0.3, -0.25) is 4.57 Å². The number of benzene rings is 1. The molecule has 1 heterocycles. The summed E-state index contributed by atoms with van der Waals surface area (Å²) in [5, 5.41) is 15.1. The van der Waals surface area contributed by atoms with Crippen LogP contribution in [0, 0.1) is 5.41 Å². The summed E-state index contributed by atoms with van der Waals surface area (Å²) >= 11 is 0. The molecule has 2 N–H and O–H groups in total. The van der Waals surface area contributed by atoms with Gasteiger partial charge in [0.2, 0.25) is 0 Å². The third-order valence-corrected chi connectivity index (χ3v) is 4.09. The Hall–Kier alpha value is -1.64. The van der Waals surface area contributed by atoms with Crippen LogP contribution in [0.1, 0.15) is 53.3 Å². The fraction of sp³-hybridized carbons (Fsp3) is 0.550. The van der Waals surface area contributed by atoms with E-state index in [4.69, 9.17) is 4.99 Å². The number of para-hydroxylation sites is 1.